The Hall–Kier alpha value is -2.14. The first-order valence-electron chi connectivity index (χ1n) is 11.4. The Morgan fingerprint density at radius 2 is 1.53 bits per heavy atom. The zero-order valence-electron chi connectivity index (χ0n) is 20.1. The van der Waals surface area contributed by atoms with Gasteiger partial charge in [0.15, 0.2) is 0 Å². The third kappa shape index (κ3) is 4.93. The van der Waals surface area contributed by atoms with Crippen LogP contribution < -0.4 is 5.32 Å². The number of nitrogens with zero attached hydrogens (tertiary/aromatic N) is 1. The lowest BCUT2D eigenvalue weighted by Crippen LogP contribution is -2.59. The molecule has 3 rings (SSSR count). The molecule has 1 N–H and O–H groups in total. The number of para-hydroxylation sites is 1. The van der Waals surface area contributed by atoms with Gasteiger partial charge in [-0.3, -0.25) is 9.59 Å². The van der Waals surface area contributed by atoms with Gasteiger partial charge < -0.3 is 10.2 Å². The van der Waals surface area contributed by atoms with Crippen molar-refractivity contribution in [3.63, 3.8) is 0 Å². The summed E-state index contributed by atoms with van der Waals surface area (Å²) in [5, 5.41) is 3.20. The number of aryl methyl sites for hydroxylation is 2. The standard InChI is InChI=1S/C27H35BrN2O2/c1-18-8-7-9-19(2)23(18)29-25(32)27(16-14-21(15-17-27)26(3,4)5)30(6)24(31)20-10-12-22(28)13-11-20/h7-13,21H,14-17H2,1-6H3,(H,29,32). The number of benzene rings is 2. The van der Waals surface area contributed by atoms with E-state index in [4.69, 9.17) is 0 Å². The summed E-state index contributed by atoms with van der Waals surface area (Å²) in [6.45, 7) is 10.8. The van der Waals surface area contributed by atoms with Crippen LogP contribution in [-0.2, 0) is 4.79 Å². The van der Waals surface area contributed by atoms with Crippen LogP contribution in [0, 0.1) is 25.2 Å². The summed E-state index contributed by atoms with van der Waals surface area (Å²) in [4.78, 5) is 29.0. The molecule has 0 radical (unpaired) electrons. The Kier molecular flexibility index (Phi) is 7.18. The molecule has 0 atom stereocenters. The van der Waals surface area contributed by atoms with Crippen LogP contribution >= 0.6 is 15.9 Å². The van der Waals surface area contributed by atoms with E-state index in [1.54, 1.807) is 24.1 Å². The van der Waals surface area contributed by atoms with Crippen LogP contribution in [0.3, 0.4) is 0 Å². The maximum atomic E-state index is 13.9. The molecule has 0 bridgehead atoms. The Bertz CT molecular complexity index is 963. The molecule has 1 aliphatic carbocycles. The topological polar surface area (TPSA) is 49.4 Å². The summed E-state index contributed by atoms with van der Waals surface area (Å²) in [5.74, 6) is 0.318. The van der Waals surface area contributed by atoms with Gasteiger partial charge in [-0.2, -0.15) is 0 Å². The molecule has 1 aliphatic rings. The van der Waals surface area contributed by atoms with Crippen LogP contribution in [0.4, 0.5) is 5.69 Å². The number of halogens is 1. The molecule has 2 aromatic rings. The molecule has 5 heteroatoms. The van der Waals surface area contributed by atoms with Gasteiger partial charge in [0, 0.05) is 22.8 Å². The SMILES string of the molecule is Cc1cccc(C)c1NC(=O)C1(N(C)C(=O)c2ccc(Br)cc2)CCC(C(C)(C)C)CC1. The van der Waals surface area contributed by atoms with E-state index in [0.29, 0.717) is 24.3 Å². The number of carbonyl (C=O) groups is 2. The van der Waals surface area contributed by atoms with E-state index in [2.05, 4.69) is 42.0 Å². The Morgan fingerprint density at radius 1 is 1.00 bits per heavy atom. The normalized spacial score (nSPS) is 21.2. The van der Waals surface area contributed by atoms with Crippen molar-refractivity contribution in [2.75, 3.05) is 12.4 Å². The van der Waals surface area contributed by atoms with Crippen molar-refractivity contribution in [3.05, 3.63) is 63.6 Å². The van der Waals surface area contributed by atoms with E-state index >= 15 is 0 Å². The number of anilines is 1. The van der Waals surface area contributed by atoms with E-state index < -0.39 is 5.54 Å². The fraction of sp³-hybridized carbons (Fsp3) is 0.481. The van der Waals surface area contributed by atoms with Gasteiger partial charge in [0.1, 0.15) is 5.54 Å². The minimum atomic E-state index is -0.874. The number of amides is 2. The second-order valence-corrected chi connectivity index (χ2v) is 11.2. The summed E-state index contributed by atoms with van der Waals surface area (Å²) in [7, 11) is 1.78. The third-order valence-electron chi connectivity index (χ3n) is 7.22. The van der Waals surface area contributed by atoms with Crippen LogP contribution in [0.1, 0.15) is 67.9 Å². The molecule has 0 spiro atoms. The van der Waals surface area contributed by atoms with E-state index in [0.717, 1.165) is 34.1 Å². The molecule has 0 unspecified atom stereocenters. The average molecular weight is 499 g/mol. The smallest absolute Gasteiger partial charge is 0.254 e. The molecule has 1 saturated carbocycles. The monoisotopic (exact) mass is 498 g/mol. The highest BCUT2D eigenvalue weighted by Crippen LogP contribution is 2.44. The maximum absolute atomic E-state index is 13.9. The van der Waals surface area contributed by atoms with Gasteiger partial charge in [-0.1, -0.05) is 54.9 Å². The summed E-state index contributed by atoms with van der Waals surface area (Å²) >= 11 is 3.43. The molecule has 0 aromatic heterocycles. The van der Waals surface area contributed by atoms with Crippen LogP contribution in [0.15, 0.2) is 46.9 Å². The number of rotatable bonds is 4. The first-order valence-corrected chi connectivity index (χ1v) is 12.2. The number of nitrogens with one attached hydrogen (secondary N) is 1. The minimum Gasteiger partial charge on any atom is -0.327 e. The van der Waals surface area contributed by atoms with Crippen molar-refractivity contribution in [2.24, 2.45) is 11.3 Å². The predicted octanol–water partition coefficient (Wildman–Crippen LogP) is 6.75. The third-order valence-corrected chi connectivity index (χ3v) is 7.75. The number of hydrogen-bond donors (Lipinski definition) is 1. The van der Waals surface area contributed by atoms with Gasteiger partial charge >= 0.3 is 0 Å². The molecular weight excluding hydrogens is 464 g/mol. The summed E-state index contributed by atoms with van der Waals surface area (Å²) in [5.41, 5.74) is 2.80. The highest BCUT2D eigenvalue weighted by atomic mass is 79.9. The van der Waals surface area contributed by atoms with Crippen molar-refractivity contribution < 1.29 is 9.59 Å². The lowest BCUT2D eigenvalue weighted by molar-refractivity contribution is -0.129. The Labute approximate surface area is 200 Å². The zero-order chi connectivity index (χ0) is 23.7. The average Bonchev–Trinajstić information content (AvgIpc) is 2.75. The number of carbonyl (C=O) groups excluding carboxylic acids is 2. The number of hydrogen-bond acceptors (Lipinski definition) is 2. The first kappa shape index (κ1) is 24.5. The molecule has 2 aromatic carbocycles. The van der Waals surface area contributed by atoms with Gasteiger partial charge in [-0.05, 0) is 86.3 Å². The fourth-order valence-corrected chi connectivity index (χ4v) is 5.16. The first-order chi connectivity index (χ1) is 15.0. The van der Waals surface area contributed by atoms with Crippen molar-refractivity contribution in [2.45, 2.75) is 65.8 Å². The van der Waals surface area contributed by atoms with Crippen LogP contribution in [-0.4, -0.2) is 29.3 Å². The van der Waals surface area contributed by atoms with Crippen molar-refractivity contribution in [1.82, 2.24) is 4.90 Å². The van der Waals surface area contributed by atoms with E-state index in [1.807, 2.05) is 44.2 Å². The summed E-state index contributed by atoms with van der Waals surface area (Å²) in [6.07, 6.45) is 3.15. The lowest BCUT2D eigenvalue weighted by atomic mass is 9.66. The minimum absolute atomic E-state index is 0.0878. The van der Waals surface area contributed by atoms with E-state index in [1.165, 1.54) is 0 Å². The quantitative estimate of drug-likeness (QED) is 0.506. The maximum Gasteiger partial charge on any atom is 0.254 e. The molecule has 4 nitrogen and oxygen atoms in total. The Morgan fingerprint density at radius 3 is 2.03 bits per heavy atom. The largest absolute Gasteiger partial charge is 0.327 e. The molecule has 0 saturated heterocycles. The van der Waals surface area contributed by atoms with Gasteiger partial charge in [-0.25, -0.2) is 0 Å². The molecule has 32 heavy (non-hydrogen) atoms. The van der Waals surface area contributed by atoms with Crippen molar-refractivity contribution in [3.8, 4) is 0 Å². The van der Waals surface area contributed by atoms with Gasteiger partial charge in [0.05, 0.1) is 0 Å². The Balaban J connectivity index is 1.95. The second-order valence-electron chi connectivity index (χ2n) is 10.3. The fourth-order valence-electron chi connectivity index (χ4n) is 4.90. The van der Waals surface area contributed by atoms with Crippen LogP contribution in [0.2, 0.25) is 0 Å². The van der Waals surface area contributed by atoms with Gasteiger partial charge in [0.25, 0.3) is 5.91 Å². The lowest BCUT2D eigenvalue weighted by Gasteiger charge is -2.47. The molecule has 0 heterocycles. The molecule has 1 fully saturated rings. The van der Waals surface area contributed by atoms with Crippen LogP contribution in [0.5, 0.6) is 0 Å². The highest BCUT2D eigenvalue weighted by Gasteiger charge is 2.48. The van der Waals surface area contributed by atoms with Gasteiger partial charge in [0.2, 0.25) is 5.91 Å². The summed E-state index contributed by atoms with van der Waals surface area (Å²) < 4.78 is 0.921. The number of likely N-dealkylation sites (N-methyl/N-ethyl adjacent to an activating group) is 1. The van der Waals surface area contributed by atoms with Gasteiger partial charge in [-0.15, -0.1) is 0 Å². The summed E-state index contributed by atoms with van der Waals surface area (Å²) in [6, 6.07) is 13.3. The highest BCUT2D eigenvalue weighted by molar-refractivity contribution is 9.10. The molecular formula is C27H35BrN2O2. The van der Waals surface area contributed by atoms with Crippen LogP contribution in [0.25, 0.3) is 0 Å². The zero-order valence-corrected chi connectivity index (χ0v) is 21.7. The predicted molar refractivity (Wildman–Crippen MR) is 135 cm³/mol. The van der Waals surface area contributed by atoms with Crippen molar-refractivity contribution >= 4 is 33.4 Å². The second kappa shape index (κ2) is 9.38. The molecule has 172 valence electrons. The molecule has 0 aliphatic heterocycles. The van der Waals surface area contributed by atoms with E-state index in [9.17, 15) is 9.59 Å². The van der Waals surface area contributed by atoms with Crippen molar-refractivity contribution in [1.29, 1.82) is 0 Å². The van der Waals surface area contributed by atoms with E-state index in [-0.39, 0.29) is 17.2 Å². The molecule has 2 amide bonds.